The maximum absolute atomic E-state index is 12.4. The van der Waals surface area contributed by atoms with E-state index in [1.165, 1.54) is 6.92 Å². The first kappa shape index (κ1) is 13.7. The molecule has 1 heterocycles. The lowest BCUT2D eigenvalue weighted by Gasteiger charge is -2.18. The van der Waals surface area contributed by atoms with Gasteiger partial charge in [0.05, 0.1) is 10.6 Å². The minimum absolute atomic E-state index is 0.00478. The molecule has 1 aliphatic rings. The number of nitrogens with two attached hydrogens (primary N) is 1. The quantitative estimate of drug-likeness (QED) is 0.802. The SMILES string of the molecule is CC(=O)NC1CCN(C(=O)c2c(N)cccc2Cl)C1. The second-order valence-electron chi connectivity index (χ2n) is 4.64. The monoisotopic (exact) mass is 281 g/mol. The van der Waals surface area contributed by atoms with E-state index in [0.29, 0.717) is 29.4 Å². The number of carbonyl (C=O) groups is 2. The van der Waals surface area contributed by atoms with Crippen molar-refractivity contribution in [2.45, 2.75) is 19.4 Å². The zero-order chi connectivity index (χ0) is 14.0. The Hall–Kier alpha value is -1.75. The average Bonchev–Trinajstić information content (AvgIpc) is 2.76. The lowest BCUT2D eigenvalue weighted by atomic mass is 10.1. The highest BCUT2D eigenvalue weighted by molar-refractivity contribution is 6.34. The van der Waals surface area contributed by atoms with Crippen LogP contribution in [0.1, 0.15) is 23.7 Å². The number of benzene rings is 1. The van der Waals surface area contributed by atoms with Crippen LogP contribution >= 0.6 is 11.6 Å². The molecule has 1 aliphatic heterocycles. The van der Waals surface area contributed by atoms with Gasteiger partial charge in [0.1, 0.15) is 0 Å². The average molecular weight is 282 g/mol. The molecule has 0 bridgehead atoms. The Morgan fingerprint density at radius 1 is 1.47 bits per heavy atom. The molecular formula is C13H16ClN3O2. The van der Waals surface area contributed by atoms with Crippen LogP contribution < -0.4 is 11.1 Å². The summed E-state index contributed by atoms with van der Waals surface area (Å²) in [5.41, 5.74) is 6.52. The van der Waals surface area contributed by atoms with Crippen molar-refractivity contribution in [3.8, 4) is 0 Å². The molecule has 0 spiro atoms. The summed E-state index contributed by atoms with van der Waals surface area (Å²) < 4.78 is 0. The Balaban J connectivity index is 2.11. The lowest BCUT2D eigenvalue weighted by Crippen LogP contribution is -2.37. The fraction of sp³-hybridized carbons (Fsp3) is 0.385. The Kier molecular flexibility index (Phi) is 3.95. The second kappa shape index (κ2) is 5.48. The molecule has 1 unspecified atom stereocenters. The van der Waals surface area contributed by atoms with E-state index in [4.69, 9.17) is 17.3 Å². The van der Waals surface area contributed by atoms with Crippen molar-refractivity contribution in [1.82, 2.24) is 10.2 Å². The summed E-state index contributed by atoms with van der Waals surface area (Å²) in [5.74, 6) is -0.271. The van der Waals surface area contributed by atoms with E-state index < -0.39 is 0 Å². The van der Waals surface area contributed by atoms with Gasteiger partial charge in [0.25, 0.3) is 5.91 Å². The molecule has 2 amide bonds. The third kappa shape index (κ3) is 2.98. The zero-order valence-electron chi connectivity index (χ0n) is 10.6. The van der Waals surface area contributed by atoms with E-state index in [1.807, 2.05) is 0 Å². The summed E-state index contributed by atoms with van der Waals surface area (Å²) in [5, 5.41) is 3.16. The van der Waals surface area contributed by atoms with Crippen molar-refractivity contribution in [2.75, 3.05) is 18.8 Å². The third-order valence-electron chi connectivity index (χ3n) is 3.14. The number of halogens is 1. The van der Waals surface area contributed by atoms with Crippen molar-refractivity contribution in [3.05, 3.63) is 28.8 Å². The van der Waals surface area contributed by atoms with Crippen LogP contribution in [0.5, 0.6) is 0 Å². The molecule has 6 heteroatoms. The number of nitrogens with one attached hydrogen (secondary N) is 1. The van der Waals surface area contributed by atoms with Gasteiger partial charge in [-0.25, -0.2) is 0 Å². The van der Waals surface area contributed by atoms with Gasteiger partial charge in [0.2, 0.25) is 5.91 Å². The highest BCUT2D eigenvalue weighted by Gasteiger charge is 2.29. The van der Waals surface area contributed by atoms with E-state index >= 15 is 0 Å². The molecule has 1 aromatic rings. The second-order valence-corrected chi connectivity index (χ2v) is 5.05. The topological polar surface area (TPSA) is 75.4 Å². The summed E-state index contributed by atoms with van der Waals surface area (Å²) in [4.78, 5) is 25.0. The van der Waals surface area contributed by atoms with Crippen molar-refractivity contribution >= 4 is 29.1 Å². The molecule has 1 atom stereocenters. The summed E-state index contributed by atoms with van der Waals surface area (Å²) in [6.07, 6.45) is 0.746. The van der Waals surface area contributed by atoms with Crippen molar-refractivity contribution in [1.29, 1.82) is 0 Å². The van der Waals surface area contributed by atoms with Gasteiger partial charge in [-0.15, -0.1) is 0 Å². The Morgan fingerprint density at radius 3 is 2.84 bits per heavy atom. The highest BCUT2D eigenvalue weighted by Crippen LogP contribution is 2.25. The number of likely N-dealkylation sites (tertiary alicyclic amines) is 1. The first-order valence-electron chi connectivity index (χ1n) is 6.09. The Morgan fingerprint density at radius 2 is 2.21 bits per heavy atom. The maximum Gasteiger partial charge on any atom is 0.257 e. The molecule has 1 aromatic carbocycles. The molecule has 102 valence electrons. The van der Waals surface area contributed by atoms with Crippen LogP contribution in [0.2, 0.25) is 5.02 Å². The van der Waals surface area contributed by atoms with E-state index in [-0.39, 0.29) is 17.9 Å². The predicted molar refractivity (Wildman–Crippen MR) is 74.0 cm³/mol. The van der Waals surface area contributed by atoms with Gasteiger partial charge in [-0.05, 0) is 18.6 Å². The van der Waals surface area contributed by atoms with Crippen LogP contribution in [0.3, 0.4) is 0 Å². The number of rotatable bonds is 2. The lowest BCUT2D eigenvalue weighted by molar-refractivity contribution is -0.119. The van der Waals surface area contributed by atoms with Gasteiger partial charge in [-0.2, -0.15) is 0 Å². The van der Waals surface area contributed by atoms with Crippen LogP contribution in [0.25, 0.3) is 0 Å². The first-order valence-corrected chi connectivity index (χ1v) is 6.47. The molecule has 0 radical (unpaired) electrons. The summed E-state index contributed by atoms with van der Waals surface area (Å²) in [7, 11) is 0. The van der Waals surface area contributed by atoms with Crippen LogP contribution in [-0.4, -0.2) is 35.8 Å². The fourth-order valence-corrected chi connectivity index (χ4v) is 2.54. The van der Waals surface area contributed by atoms with E-state index in [0.717, 1.165) is 6.42 Å². The number of amides is 2. The molecule has 1 saturated heterocycles. The predicted octanol–water partition coefficient (Wildman–Crippen LogP) is 1.27. The van der Waals surface area contributed by atoms with E-state index in [1.54, 1.807) is 23.1 Å². The minimum Gasteiger partial charge on any atom is -0.398 e. The van der Waals surface area contributed by atoms with E-state index in [2.05, 4.69) is 5.32 Å². The third-order valence-corrected chi connectivity index (χ3v) is 3.46. The Labute approximate surface area is 116 Å². The fourth-order valence-electron chi connectivity index (χ4n) is 2.27. The van der Waals surface area contributed by atoms with Crippen LogP contribution in [0.4, 0.5) is 5.69 Å². The van der Waals surface area contributed by atoms with Crippen LogP contribution in [0.15, 0.2) is 18.2 Å². The largest absolute Gasteiger partial charge is 0.398 e. The summed E-state index contributed by atoms with van der Waals surface area (Å²) >= 11 is 6.03. The molecular weight excluding hydrogens is 266 g/mol. The smallest absolute Gasteiger partial charge is 0.257 e. The Bertz CT molecular complexity index is 498. The minimum atomic E-state index is -0.184. The number of nitrogens with zero attached hydrogens (tertiary/aromatic N) is 1. The molecule has 2 rings (SSSR count). The first-order chi connectivity index (χ1) is 8.99. The molecule has 0 aromatic heterocycles. The number of hydrogen-bond donors (Lipinski definition) is 2. The maximum atomic E-state index is 12.4. The number of carbonyl (C=O) groups excluding carboxylic acids is 2. The molecule has 19 heavy (non-hydrogen) atoms. The van der Waals surface area contributed by atoms with Crippen molar-refractivity contribution in [3.63, 3.8) is 0 Å². The molecule has 1 fully saturated rings. The normalized spacial score (nSPS) is 18.4. The molecule has 0 aliphatic carbocycles. The van der Waals surface area contributed by atoms with Crippen molar-refractivity contribution in [2.24, 2.45) is 0 Å². The summed E-state index contributed by atoms with van der Waals surface area (Å²) in [6, 6.07) is 5.01. The van der Waals surface area contributed by atoms with Gasteiger partial charge in [0, 0.05) is 31.7 Å². The van der Waals surface area contributed by atoms with Gasteiger partial charge >= 0.3 is 0 Å². The zero-order valence-corrected chi connectivity index (χ0v) is 11.4. The standard InChI is InChI=1S/C13H16ClN3O2/c1-8(18)16-9-5-6-17(7-9)13(19)12-10(14)3-2-4-11(12)15/h2-4,9H,5-7,15H2,1H3,(H,16,18). The number of anilines is 1. The summed E-state index contributed by atoms with van der Waals surface area (Å²) in [6.45, 7) is 2.55. The highest BCUT2D eigenvalue weighted by atomic mass is 35.5. The van der Waals surface area contributed by atoms with Gasteiger partial charge in [0.15, 0.2) is 0 Å². The van der Waals surface area contributed by atoms with Crippen LogP contribution in [-0.2, 0) is 4.79 Å². The van der Waals surface area contributed by atoms with Gasteiger partial charge in [-0.1, -0.05) is 17.7 Å². The van der Waals surface area contributed by atoms with E-state index in [9.17, 15) is 9.59 Å². The van der Waals surface area contributed by atoms with Gasteiger partial charge < -0.3 is 16.0 Å². The number of hydrogen-bond acceptors (Lipinski definition) is 3. The van der Waals surface area contributed by atoms with Crippen LogP contribution in [0, 0.1) is 0 Å². The van der Waals surface area contributed by atoms with Gasteiger partial charge in [-0.3, -0.25) is 9.59 Å². The molecule has 3 N–H and O–H groups in total. The molecule has 0 saturated carbocycles. The van der Waals surface area contributed by atoms with Crippen molar-refractivity contribution < 1.29 is 9.59 Å². The molecule has 5 nitrogen and oxygen atoms in total. The number of nitrogen functional groups attached to an aromatic ring is 1.